The van der Waals surface area contributed by atoms with Gasteiger partial charge in [0.25, 0.3) is 5.91 Å². The third-order valence-corrected chi connectivity index (χ3v) is 1.99. The van der Waals surface area contributed by atoms with Gasteiger partial charge >= 0.3 is 0 Å². The summed E-state index contributed by atoms with van der Waals surface area (Å²) in [5.74, 6) is 0.398. The van der Waals surface area contributed by atoms with Crippen LogP contribution < -0.4 is 10.1 Å². The van der Waals surface area contributed by atoms with E-state index in [4.69, 9.17) is 4.74 Å². The van der Waals surface area contributed by atoms with Crippen molar-refractivity contribution in [2.75, 3.05) is 13.7 Å². The SMILES string of the molecule is CNC(=O)COc1cccc([C@H](C)O)c1. The topological polar surface area (TPSA) is 58.6 Å². The summed E-state index contributed by atoms with van der Waals surface area (Å²) in [7, 11) is 1.55. The summed E-state index contributed by atoms with van der Waals surface area (Å²) >= 11 is 0. The highest BCUT2D eigenvalue weighted by Gasteiger charge is 2.03. The second kappa shape index (κ2) is 5.36. The molecule has 15 heavy (non-hydrogen) atoms. The van der Waals surface area contributed by atoms with E-state index in [2.05, 4.69) is 5.32 Å². The van der Waals surface area contributed by atoms with Crippen molar-refractivity contribution in [2.45, 2.75) is 13.0 Å². The number of rotatable bonds is 4. The van der Waals surface area contributed by atoms with Gasteiger partial charge in [0, 0.05) is 7.05 Å². The monoisotopic (exact) mass is 209 g/mol. The van der Waals surface area contributed by atoms with Crippen molar-refractivity contribution in [1.82, 2.24) is 5.32 Å². The Bertz CT molecular complexity index is 336. The summed E-state index contributed by atoms with van der Waals surface area (Å²) in [6, 6.07) is 7.04. The van der Waals surface area contributed by atoms with Crippen LogP contribution in [0.25, 0.3) is 0 Å². The van der Waals surface area contributed by atoms with Crippen LogP contribution in [0, 0.1) is 0 Å². The molecule has 0 aliphatic carbocycles. The van der Waals surface area contributed by atoms with Crippen LogP contribution in [0.2, 0.25) is 0 Å². The summed E-state index contributed by atoms with van der Waals surface area (Å²) in [6.07, 6.45) is -0.534. The molecule has 2 N–H and O–H groups in total. The lowest BCUT2D eigenvalue weighted by Gasteiger charge is -2.08. The predicted molar refractivity (Wildman–Crippen MR) is 56.6 cm³/mol. The van der Waals surface area contributed by atoms with Crippen LogP contribution in [0.1, 0.15) is 18.6 Å². The van der Waals surface area contributed by atoms with Gasteiger partial charge in [0.05, 0.1) is 6.10 Å². The molecule has 0 bridgehead atoms. The van der Waals surface area contributed by atoms with Gasteiger partial charge in [0.1, 0.15) is 5.75 Å². The second-order valence-corrected chi connectivity index (χ2v) is 3.21. The number of ether oxygens (including phenoxy) is 1. The van der Waals surface area contributed by atoms with Crippen LogP contribution in [0.15, 0.2) is 24.3 Å². The molecule has 0 radical (unpaired) electrons. The number of hydrogen-bond acceptors (Lipinski definition) is 3. The highest BCUT2D eigenvalue weighted by Crippen LogP contribution is 2.18. The van der Waals surface area contributed by atoms with E-state index >= 15 is 0 Å². The Kier molecular flexibility index (Phi) is 4.12. The molecule has 82 valence electrons. The van der Waals surface area contributed by atoms with Crippen molar-refractivity contribution >= 4 is 5.91 Å². The number of likely N-dealkylation sites (N-methyl/N-ethyl adjacent to an activating group) is 1. The maximum Gasteiger partial charge on any atom is 0.257 e. The molecule has 4 heteroatoms. The fourth-order valence-electron chi connectivity index (χ4n) is 1.09. The van der Waals surface area contributed by atoms with Crippen LogP contribution in [0.3, 0.4) is 0 Å². The lowest BCUT2D eigenvalue weighted by molar-refractivity contribution is -0.122. The van der Waals surface area contributed by atoms with Gasteiger partial charge in [-0.3, -0.25) is 4.79 Å². The lowest BCUT2D eigenvalue weighted by atomic mass is 10.1. The highest BCUT2D eigenvalue weighted by atomic mass is 16.5. The Morgan fingerprint density at radius 3 is 2.93 bits per heavy atom. The maximum atomic E-state index is 10.9. The number of hydrogen-bond donors (Lipinski definition) is 2. The summed E-state index contributed by atoms with van der Waals surface area (Å²) in [5, 5.41) is 11.8. The second-order valence-electron chi connectivity index (χ2n) is 3.21. The number of aliphatic hydroxyl groups excluding tert-OH is 1. The smallest absolute Gasteiger partial charge is 0.257 e. The lowest BCUT2D eigenvalue weighted by Crippen LogP contribution is -2.24. The molecule has 0 aromatic heterocycles. The van der Waals surface area contributed by atoms with E-state index < -0.39 is 6.10 Å². The van der Waals surface area contributed by atoms with E-state index in [0.29, 0.717) is 5.75 Å². The molecule has 0 saturated carbocycles. The molecule has 0 unspecified atom stereocenters. The summed E-state index contributed by atoms with van der Waals surface area (Å²) in [5.41, 5.74) is 0.768. The molecule has 1 aromatic carbocycles. The van der Waals surface area contributed by atoms with Gasteiger partial charge in [0.2, 0.25) is 0 Å². The first-order chi connectivity index (χ1) is 7.13. The minimum atomic E-state index is -0.534. The Labute approximate surface area is 88.9 Å². The van der Waals surface area contributed by atoms with Crippen molar-refractivity contribution in [3.63, 3.8) is 0 Å². The number of amides is 1. The summed E-state index contributed by atoms with van der Waals surface area (Å²) in [4.78, 5) is 10.9. The van der Waals surface area contributed by atoms with E-state index in [9.17, 15) is 9.90 Å². The van der Waals surface area contributed by atoms with E-state index in [-0.39, 0.29) is 12.5 Å². The first kappa shape index (κ1) is 11.5. The zero-order valence-electron chi connectivity index (χ0n) is 8.86. The molecule has 0 aliphatic heterocycles. The van der Waals surface area contributed by atoms with Gasteiger partial charge in [-0.15, -0.1) is 0 Å². The van der Waals surface area contributed by atoms with Crippen molar-refractivity contribution in [3.8, 4) is 5.75 Å². The average Bonchev–Trinajstić information content (AvgIpc) is 2.26. The summed E-state index contributed by atoms with van der Waals surface area (Å²) < 4.78 is 5.23. The molecule has 0 spiro atoms. The third kappa shape index (κ3) is 3.59. The predicted octanol–water partition coefficient (Wildman–Crippen LogP) is 0.865. The Balaban J connectivity index is 2.61. The molecule has 0 saturated heterocycles. The van der Waals surface area contributed by atoms with Gasteiger partial charge < -0.3 is 15.2 Å². The number of carbonyl (C=O) groups excluding carboxylic acids is 1. The van der Waals surface area contributed by atoms with Crippen molar-refractivity contribution < 1.29 is 14.6 Å². The van der Waals surface area contributed by atoms with Crippen molar-refractivity contribution in [2.24, 2.45) is 0 Å². The van der Waals surface area contributed by atoms with E-state index in [0.717, 1.165) is 5.56 Å². The largest absolute Gasteiger partial charge is 0.484 e. The summed E-state index contributed by atoms with van der Waals surface area (Å²) in [6.45, 7) is 1.66. The quantitative estimate of drug-likeness (QED) is 0.773. The first-order valence-corrected chi connectivity index (χ1v) is 4.75. The van der Waals surface area contributed by atoms with Crippen LogP contribution in [0.4, 0.5) is 0 Å². The number of aliphatic hydroxyl groups is 1. The fraction of sp³-hybridized carbons (Fsp3) is 0.364. The minimum Gasteiger partial charge on any atom is -0.484 e. The van der Waals surface area contributed by atoms with Gasteiger partial charge in [-0.1, -0.05) is 12.1 Å². The van der Waals surface area contributed by atoms with Crippen LogP contribution >= 0.6 is 0 Å². The van der Waals surface area contributed by atoms with Gasteiger partial charge in [0.15, 0.2) is 6.61 Å². The molecule has 1 aromatic rings. The molecule has 4 nitrogen and oxygen atoms in total. The standard InChI is InChI=1S/C11H15NO3/c1-8(13)9-4-3-5-10(6-9)15-7-11(14)12-2/h3-6,8,13H,7H2,1-2H3,(H,12,14)/t8-/m0/s1. The van der Waals surface area contributed by atoms with Crippen LogP contribution in [-0.4, -0.2) is 24.7 Å². The average molecular weight is 209 g/mol. The molecule has 1 amide bonds. The Morgan fingerprint density at radius 2 is 2.33 bits per heavy atom. The Hall–Kier alpha value is -1.55. The molecular weight excluding hydrogens is 194 g/mol. The number of nitrogens with one attached hydrogen (secondary N) is 1. The van der Waals surface area contributed by atoms with E-state index in [1.54, 1.807) is 38.2 Å². The molecule has 1 rings (SSSR count). The molecule has 0 fully saturated rings. The normalized spacial score (nSPS) is 11.9. The first-order valence-electron chi connectivity index (χ1n) is 4.75. The number of carbonyl (C=O) groups is 1. The van der Waals surface area contributed by atoms with Crippen molar-refractivity contribution in [1.29, 1.82) is 0 Å². The number of benzene rings is 1. The third-order valence-electron chi connectivity index (χ3n) is 1.99. The van der Waals surface area contributed by atoms with Gasteiger partial charge in [-0.25, -0.2) is 0 Å². The minimum absolute atomic E-state index is 0.0141. The molecule has 0 aliphatic rings. The van der Waals surface area contributed by atoms with Crippen LogP contribution in [0.5, 0.6) is 5.75 Å². The fourth-order valence-corrected chi connectivity index (χ4v) is 1.09. The molecule has 1 atom stereocenters. The zero-order chi connectivity index (χ0) is 11.3. The maximum absolute atomic E-state index is 10.9. The zero-order valence-corrected chi connectivity index (χ0v) is 8.86. The van der Waals surface area contributed by atoms with E-state index in [1.807, 2.05) is 0 Å². The van der Waals surface area contributed by atoms with Crippen molar-refractivity contribution in [3.05, 3.63) is 29.8 Å². The molecule has 0 heterocycles. The van der Waals surface area contributed by atoms with Crippen LogP contribution in [-0.2, 0) is 4.79 Å². The highest BCUT2D eigenvalue weighted by molar-refractivity contribution is 5.77. The van der Waals surface area contributed by atoms with Gasteiger partial charge in [-0.05, 0) is 24.6 Å². The van der Waals surface area contributed by atoms with E-state index in [1.165, 1.54) is 0 Å². The Morgan fingerprint density at radius 1 is 1.60 bits per heavy atom. The van der Waals surface area contributed by atoms with Gasteiger partial charge in [-0.2, -0.15) is 0 Å². The molecular formula is C11H15NO3.